The Morgan fingerprint density at radius 1 is 1.00 bits per heavy atom. The van der Waals surface area contributed by atoms with E-state index in [0.717, 1.165) is 0 Å². The number of ether oxygens (including phenoxy) is 1. The summed E-state index contributed by atoms with van der Waals surface area (Å²) in [7, 11) is 0. The van der Waals surface area contributed by atoms with E-state index in [9.17, 15) is 35.7 Å². The van der Waals surface area contributed by atoms with Gasteiger partial charge in [-0.1, -0.05) is 6.08 Å². The summed E-state index contributed by atoms with van der Waals surface area (Å²) in [6.45, 7) is 1.07. The van der Waals surface area contributed by atoms with E-state index < -0.39 is 61.6 Å². The van der Waals surface area contributed by atoms with E-state index in [-0.39, 0.29) is 5.57 Å². The molecule has 0 aromatic carbocycles. The minimum absolute atomic E-state index is 0.134. The van der Waals surface area contributed by atoms with Crippen LogP contribution in [-0.4, -0.2) is 97.4 Å². The zero-order chi connectivity index (χ0) is 16.6. The molecule has 0 bridgehead atoms. The van der Waals surface area contributed by atoms with Crippen LogP contribution < -0.4 is 5.32 Å². The van der Waals surface area contributed by atoms with Gasteiger partial charge >= 0.3 is 0 Å². The molecule has 0 unspecified atom stereocenters. The summed E-state index contributed by atoms with van der Waals surface area (Å²) in [5, 5.41) is 70.6. The fourth-order valence-electron chi connectivity index (χ4n) is 2.84. The molecular weight excluding hydrogens is 298 g/mol. The first-order valence-electron chi connectivity index (χ1n) is 7.09. The molecule has 1 aliphatic carbocycles. The Morgan fingerprint density at radius 2 is 1.64 bits per heavy atom. The van der Waals surface area contributed by atoms with Crippen LogP contribution in [0, 0.1) is 0 Å². The average molecular weight is 321 g/mol. The molecule has 2 rings (SSSR count). The Hall–Kier alpha value is -0.620. The largest absolute Gasteiger partial charge is 0.392 e. The van der Waals surface area contributed by atoms with Gasteiger partial charge in [0, 0.05) is 0 Å². The lowest BCUT2D eigenvalue weighted by Gasteiger charge is -2.43. The van der Waals surface area contributed by atoms with Crippen LogP contribution >= 0.6 is 0 Å². The fraction of sp³-hybridized carbons (Fsp3) is 0.846. The van der Waals surface area contributed by atoms with Crippen LogP contribution in [0.2, 0.25) is 0 Å². The summed E-state index contributed by atoms with van der Waals surface area (Å²) >= 11 is 0. The summed E-state index contributed by atoms with van der Waals surface area (Å²) in [5.41, 5.74) is 0.134. The van der Waals surface area contributed by atoms with Crippen LogP contribution in [0.4, 0.5) is 0 Å². The van der Waals surface area contributed by atoms with E-state index in [0.29, 0.717) is 0 Å². The molecule has 128 valence electrons. The Labute approximate surface area is 127 Å². The van der Waals surface area contributed by atoms with Gasteiger partial charge in [0.2, 0.25) is 0 Å². The predicted octanol–water partition coefficient (Wildman–Crippen LogP) is -4.21. The lowest BCUT2D eigenvalue weighted by molar-refractivity contribution is -0.254. The van der Waals surface area contributed by atoms with E-state index >= 15 is 0 Å². The van der Waals surface area contributed by atoms with Gasteiger partial charge < -0.3 is 45.8 Å². The third kappa shape index (κ3) is 3.18. The summed E-state index contributed by atoms with van der Waals surface area (Å²) < 4.78 is 5.08. The standard InChI is InChI=1S/C13H23NO8/c1-4-7(10(18)12(20)13(21)22-4)14-6-2-5(3-15)8(16)11(19)9(6)17/h2,4,6-21H,3H2,1H3/t4-,6+,7+,8-,9+,10+,11+,12-,13+/m1/s1. The smallest absolute Gasteiger partial charge is 0.183 e. The van der Waals surface area contributed by atoms with E-state index in [2.05, 4.69) is 5.32 Å². The minimum Gasteiger partial charge on any atom is -0.392 e. The molecule has 1 aliphatic heterocycles. The molecule has 0 spiro atoms. The van der Waals surface area contributed by atoms with Gasteiger partial charge in [0.15, 0.2) is 6.29 Å². The summed E-state index contributed by atoms with van der Waals surface area (Å²) in [6, 6.07) is -1.72. The van der Waals surface area contributed by atoms with Crippen LogP contribution in [0.5, 0.6) is 0 Å². The third-order valence-electron chi connectivity index (χ3n) is 4.25. The highest BCUT2D eigenvalue weighted by atomic mass is 16.6. The van der Waals surface area contributed by atoms with Gasteiger partial charge in [-0.05, 0) is 12.5 Å². The second kappa shape index (κ2) is 6.87. The van der Waals surface area contributed by atoms with Crippen LogP contribution in [0.1, 0.15) is 6.92 Å². The summed E-state index contributed by atoms with van der Waals surface area (Å²) in [4.78, 5) is 0. The molecule has 0 saturated carbocycles. The first-order valence-corrected chi connectivity index (χ1v) is 7.09. The Bertz CT molecular complexity index is 419. The molecule has 1 fully saturated rings. The van der Waals surface area contributed by atoms with Crippen molar-refractivity contribution in [3.8, 4) is 0 Å². The lowest BCUT2D eigenvalue weighted by Crippen LogP contribution is -2.66. The number of hydrogen-bond acceptors (Lipinski definition) is 9. The van der Waals surface area contributed by atoms with Gasteiger partial charge in [0.05, 0.1) is 24.8 Å². The van der Waals surface area contributed by atoms with Gasteiger partial charge in [-0.3, -0.25) is 0 Å². The van der Waals surface area contributed by atoms with Crippen molar-refractivity contribution in [1.29, 1.82) is 0 Å². The van der Waals surface area contributed by atoms with Crippen LogP contribution in [0.15, 0.2) is 11.6 Å². The monoisotopic (exact) mass is 321 g/mol. The second-order valence-corrected chi connectivity index (χ2v) is 5.76. The molecule has 22 heavy (non-hydrogen) atoms. The maximum Gasteiger partial charge on any atom is 0.183 e. The SMILES string of the molecule is C[C@H]1O[C@H](O)[C@H](O)[C@@H](O)[C@H]1N[C@H]1C=C(CO)[C@@H](O)[C@H](O)[C@H]1O. The quantitative estimate of drug-likeness (QED) is 0.241. The molecule has 9 nitrogen and oxygen atoms in total. The van der Waals surface area contributed by atoms with Gasteiger partial charge in [0.25, 0.3) is 0 Å². The Balaban J connectivity index is 2.16. The first kappa shape index (κ1) is 17.7. The molecule has 0 aromatic heterocycles. The number of nitrogens with one attached hydrogen (secondary N) is 1. The van der Waals surface area contributed by atoms with Crippen molar-refractivity contribution >= 4 is 0 Å². The van der Waals surface area contributed by atoms with E-state index in [4.69, 9.17) is 4.74 Å². The second-order valence-electron chi connectivity index (χ2n) is 5.76. The third-order valence-corrected chi connectivity index (χ3v) is 4.25. The molecule has 1 heterocycles. The molecular formula is C13H23NO8. The summed E-state index contributed by atoms with van der Waals surface area (Å²) in [5.74, 6) is 0. The Kier molecular flexibility index (Phi) is 5.54. The number of rotatable bonds is 3. The molecule has 9 heteroatoms. The first-order chi connectivity index (χ1) is 10.3. The van der Waals surface area contributed by atoms with E-state index in [1.165, 1.54) is 6.08 Å². The zero-order valence-electron chi connectivity index (χ0n) is 12.0. The van der Waals surface area contributed by atoms with Gasteiger partial charge in [0.1, 0.15) is 30.5 Å². The maximum atomic E-state index is 10.0. The van der Waals surface area contributed by atoms with Gasteiger partial charge in [-0.25, -0.2) is 0 Å². The van der Waals surface area contributed by atoms with Crippen LogP contribution in [0.3, 0.4) is 0 Å². The Morgan fingerprint density at radius 3 is 2.23 bits per heavy atom. The fourth-order valence-corrected chi connectivity index (χ4v) is 2.84. The lowest BCUT2D eigenvalue weighted by atomic mass is 9.86. The molecule has 9 atom stereocenters. The van der Waals surface area contributed by atoms with Crippen LogP contribution in [-0.2, 0) is 4.74 Å². The van der Waals surface area contributed by atoms with Crippen molar-refractivity contribution in [1.82, 2.24) is 5.32 Å². The number of aliphatic hydroxyl groups is 7. The molecule has 0 amide bonds. The maximum absolute atomic E-state index is 10.0. The minimum atomic E-state index is -1.52. The molecule has 1 saturated heterocycles. The van der Waals surface area contributed by atoms with Crippen molar-refractivity contribution in [2.75, 3.05) is 6.61 Å². The summed E-state index contributed by atoms with van der Waals surface area (Å²) in [6.07, 6.45) is -7.99. The molecule has 0 aromatic rings. The van der Waals surface area contributed by atoms with Crippen molar-refractivity contribution < 1.29 is 40.5 Å². The van der Waals surface area contributed by atoms with Crippen molar-refractivity contribution in [2.45, 2.75) is 61.9 Å². The normalized spacial score (nSPS) is 49.8. The van der Waals surface area contributed by atoms with Crippen LogP contribution in [0.25, 0.3) is 0 Å². The van der Waals surface area contributed by atoms with E-state index in [1.54, 1.807) is 6.92 Å². The van der Waals surface area contributed by atoms with Crippen molar-refractivity contribution in [3.05, 3.63) is 11.6 Å². The molecule has 2 aliphatic rings. The molecule has 8 N–H and O–H groups in total. The highest BCUT2D eigenvalue weighted by molar-refractivity contribution is 5.22. The number of hydrogen-bond donors (Lipinski definition) is 8. The number of aliphatic hydroxyl groups excluding tert-OH is 7. The van der Waals surface area contributed by atoms with E-state index in [1.807, 2.05) is 0 Å². The van der Waals surface area contributed by atoms with Crippen molar-refractivity contribution in [3.63, 3.8) is 0 Å². The van der Waals surface area contributed by atoms with Crippen molar-refractivity contribution in [2.24, 2.45) is 0 Å². The zero-order valence-corrected chi connectivity index (χ0v) is 12.0. The average Bonchev–Trinajstić information content (AvgIpc) is 2.49. The molecule has 0 radical (unpaired) electrons. The highest BCUT2D eigenvalue weighted by Crippen LogP contribution is 2.24. The van der Waals surface area contributed by atoms with Gasteiger partial charge in [-0.2, -0.15) is 0 Å². The topological polar surface area (TPSA) is 163 Å². The highest BCUT2D eigenvalue weighted by Gasteiger charge is 2.45. The van der Waals surface area contributed by atoms with Gasteiger partial charge in [-0.15, -0.1) is 0 Å². The predicted molar refractivity (Wildman–Crippen MR) is 72.5 cm³/mol.